The number of halogens is 1. The number of hydrogen-bond donors (Lipinski definition) is 3. The Kier molecular flexibility index (Phi) is 10.7. The van der Waals surface area contributed by atoms with Crippen LogP contribution < -0.4 is 20.9 Å². The summed E-state index contributed by atoms with van der Waals surface area (Å²) in [6, 6.07) is 8.92. The summed E-state index contributed by atoms with van der Waals surface area (Å²) in [6.45, 7) is 5.74. The third-order valence-electron chi connectivity index (χ3n) is 6.11. The molecule has 1 aliphatic heterocycles. The van der Waals surface area contributed by atoms with Crippen LogP contribution in [0.25, 0.3) is 0 Å². The van der Waals surface area contributed by atoms with Crippen molar-refractivity contribution in [2.24, 2.45) is 10.9 Å². The highest BCUT2D eigenvalue weighted by Crippen LogP contribution is 2.27. The molecular weight excluding hydrogens is 489 g/mol. The molecule has 1 unspecified atom stereocenters. The van der Waals surface area contributed by atoms with Crippen molar-refractivity contribution < 1.29 is 4.79 Å². The van der Waals surface area contributed by atoms with E-state index in [1.807, 2.05) is 0 Å². The number of nitrogens with zero attached hydrogens (tertiary/aromatic N) is 2. The summed E-state index contributed by atoms with van der Waals surface area (Å²) >= 11 is 0. The smallest absolute Gasteiger partial charge is 0.220 e. The monoisotopic (exact) mass is 527 g/mol. The minimum absolute atomic E-state index is 0. The Bertz CT molecular complexity index is 684. The number of guanidine groups is 1. The molecule has 2 aliphatic rings. The van der Waals surface area contributed by atoms with Gasteiger partial charge in [-0.25, -0.2) is 0 Å². The highest BCUT2D eigenvalue weighted by Gasteiger charge is 2.18. The van der Waals surface area contributed by atoms with Crippen LogP contribution in [0, 0.1) is 5.92 Å². The van der Waals surface area contributed by atoms with E-state index in [0.29, 0.717) is 25.4 Å². The van der Waals surface area contributed by atoms with Crippen molar-refractivity contribution in [2.75, 3.05) is 38.1 Å². The van der Waals surface area contributed by atoms with Crippen molar-refractivity contribution in [3.8, 4) is 0 Å². The molecule has 3 N–H and O–H groups in total. The number of nitrogens with one attached hydrogen (secondary N) is 3. The fraction of sp³-hybridized carbons (Fsp3) is 0.652. The van der Waals surface area contributed by atoms with Crippen molar-refractivity contribution in [2.45, 2.75) is 57.9 Å². The molecule has 3 rings (SSSR count). The van der Waals surface area contributed by atoms with Crippen LogP contribution in [0.1, 0.15) is 63.5 Å². The number of carbonyl (C=O) groups is 1. The molecule has 7 heteroatoms. The van der Waals surface area contributed by atoms with Crippen molar-refractivity contribution >= 4 is 41.5 Å². The first-order chi connectivity index (χ1) is 14.2. The lowest BCUT2D eigenvalue weighted by molar-refractivity contribution is -0.121. The average molecular weight is 527 g/mol. The van der Waals surface area contributed by atoms with Crippen LogP contribution in [0.15, 0.2) is 29.3 Å². The molecule has 1 amide bonds. The van der Waals surface area contributed by atoms with Crippen LogP contribution in [0.4, 0.5) is 5.69 Å². The summed E-state index contributed by atoms with van der Waals surface area (Å²) in [5, 5.41) is 9.78. The minimum Gasteiger partial charge on any atom is -0.372 e. The quantitative estimate of drug-likeness (QED) is 0.208. The molecule has 0 bridgehead atoms. The van der Waals surface area contributed by atoms with E-state index in [9.17, 15) is 4.79 Å². The van der Waals surface area contributed by atoms with Crippen molar-refractivity contribution in [3.05, 3.63) is 29.8 Å². The maximum Gasteiger partial charge on any atom is 0.220 e. The van der Waals surface area contributed by atoms with Gasteiger partial charge in [0.25, 0.3) is 0 Å². The lowest BCUT2D eigenvalue weighted by Crippen LogP contribution is -2.42. The fourth-order valence-electron chi connectivity index (χ4n) is 4.38. The molecule has 0 spiro atoms. The lowest BCUT2D eigenvalue weighted by atomic mass is 10.0. The van der Waals surface area contributed by atoms with Crippen LogP contribution >= 0.6 is 24.0 Å². The number of hydrogen-bond acceptors (Lipinski definition) is 3. The SMILES string of the molecule is CN=C(NCCNC(=O)CC1CCCC1)NC(C)c1cccc(N2CCCC2)c1.I. The molecular formula is C23H38IN5O. The Morgan fingerprint density at radius 2 is 1.83 bits per heavy atom. The Hall–Kier alpha value is -1.51. The van der Waals surface area contributed by atoms with Gasteiger partial charge in [-0.1, -0.05) is 25.0 Å². The zero-order chi connectivity index (χ0) is 20.5. The lowest BCUT2D eigenvalue weighted by Gasteiger charge is -2.22. The Morgan fingerprint density at radius 1 is 1.13 bits per heavy atom. The number of anilines is 1. The molecule has 1 saturated carbocycles. The topological polar surface area (TPSA) is 68.8 Å². The van der Waals surface area contributed by atoms with E-state index in [0.717, 1.165) is 19.0 Å². The predicted molar refractivity (Wildman–Crippen MR) is 136 cm³/mol. The zero-order valence-corrected chi connectivity index (χ0v) is 20.8. The molecule has 168 valence electrons. The Balaban J connectivity index is 0.00000320. The second-order valence-corrected chi connectivity index (χ2v) is 8.36. The van der Waals surface area contributed by atoms with E-state index in [1.54, 1.807) is 7.05 Å². The van der Waals surface area contributed by atoms with E-state index >= 15 is 0 Å². The van der Waals surface area contributed by atoms with E-state index < -0.39 is 0 Å². The third-order valence-corrected chi connectivity index (χ3v) is 6.11. The van der Waals surface area contributed by atoms with Gasteiger partial charge in [-0.3, -0.25) is 9.79 Å². The molecule has 0 aromatic heterocycles. The molecule has 1 saturated heterocycles. The van der Waals surface area contributed by atoms with Gasteiger partial charge < -0.3 is 20.9 Å². The van der Waals surface area contributed by atoms with Crippen molar-refractivity contribution in [1.29, 1.82) is 0 Å². The summed E-state index contributed by atoms with van der Waals surface area (Å²) in [5.74, 6) is 1.53. The maximum atomic E-state index is 12.0. The predicted octanol–water partition coefficient (Wildman–Crippen LogP) is 3.83. The van der Waals surface area contributed by atoms with Crippen LogP contribution in [0.2, 0.25) is 0 Å². The molecule has 6 nitrogen and oxygen atoms in total. The van der Waals surface area contributed by atoms with Gasteiger partial charge in [-0.05, 0) is 56.2 Å². The molecule has 2 fully saturated rings. The third kappa shape index (κ3) is 7.63. The van der Waals surface area contributed by atoms with Gasteiger partial charge in [0.15, 0.2) is 5.96 Å². The summed E-state index contributed by atoms with van der Waals surface area (Å²) in [7, 11) is 1.78. The van der Waals surface area contributed by atoms with Gasteiger partial charge in [0.05, 0.1) is 6.04 Å². The molecule has 1 aromatic carbocycles. The molecule has 1 atom stereocenters. The second kappa shape index (κ2) is 13.0. The fourth-order valence-corrected chi connectivity index (χ4v) is 4.38. The number of benzene rings is 1. The summed E-state index contributed by atoms with van der Waals surface area (Å²) in [5.41, 5.74) is 2.56. The van der Waals surface area contributed by atoms with Gasteiger partial charge in [0, 0.05) is 45.3 Å². The van der Waals surface area contributed by atoms with Crippen molar-refractivity contribution in [1.82, 2.24) is 16.0 Å². The summed E-state index contributed by atoms with van der Waals surface area (Å²) in [6.07, 6.45) is 8.22. The van der Waals surface area contributed by atoms with Gasteiger partial charge in [0.2, 0.25) is 5.91 Å². The molecule has 30 heavy (non-hydrogen) atoms. The van der Waals surface area contributed by atoms with Gasteiger partial charge in [-0.2, -0.15) is 0 Å². The highest BCUT2D eigenvalue weighted by molar-refractivity contribution is 14.0. The number of aliphatic imine (C=N–C) groups is 1. The molecule has 1 aliphatic carbocycles. The van der Waals surface area contributed by atoms with E-state index in [4.69, 9.17) is 0 Å². The Labute approximate surface area is 198 Å². The first-order valence-corrected chi connectivity index (χ1v) is 11.2. The minimum atomic E-state index is 0. The van der Waals surface area contributed by atoms with E-state index in [-0.39, 0.29) is 35.9 Å². The van der Waals surface area contributed by atoms with Crippen molar-refractivity contribution in [3.63, 3.8) is 0 Å². The van der Waals surface area contributed by atoms with Gasteiger partial charge in [0.1, 0.15) is 0 Å². The zero-order valence-electron chi connectivity index (χ0n) is 18.5. The average Bonchev–Trinajstić information content (AvgIpc) is 3.44. The van der Waals surface area contributed by atoms with E-state index in [1.165, 1.54) is 49.8 Å². The number of amides is 1. The van der Waals surface area contributed by atoms with Gasteiger partial charge in [-0.15, -0.1) is 24.0 Å². The first-order valence-electron chi connectivity index (χ1n) is 11.2. The normalized spacial score (nSPS) is 18.1. The van der Waals surface area contributed by atoms with Crippen LogP contribution in [0.3, 0.4) is 0 Å². The maximum absolute atomic E-state index is 12.0. The van der Waals surface area contributed by atoms with Gasteiger partial charge >= 0.3 is 0 Å². The number of carbonyl (C=O) groups excluding carboxylic acids is 1. The highest BCUT2D eigenvalue weighted by atomic mass is 127. The standard InChI is InChI=1S/C23H37N5O.HI/c1-18(20-10-7-11-21(17-20)28-14-5-6-15-28)27-23(24-2)26-13-12-25-22(29)16-19-8-3-4-9-19;/h7,10-11,17-19H,3-6,8-9,12-16H2,1-2H3,(H,25,29)(H2,24,26,27);1H. The molecule has 0 radical (unpaired) electrons. The first kappa shape index (κ1) is 24.8. The van der Waals surface area contributed by atoms with Crippen LogP contribution in [0.5, 0.6) is 0 Å². The van der Waals surface area contributed by atoms with Crippen LogP contribution in [-0.4, -0.2) is 45.1 Å². The second-order valence-electron chi connectivity index (χ2n) is 8.36. The summed E-state index contributed by atoms with van der Waals surface area (Å²) < 4.78 is 0. The molecule has 1 heterocycles. The largest absolute Gasteiger partial charge is 0.372 e. The van der Waals surface area contributed by atoms with Crippen LogP contribution in [-0.2, 0) is 4.79 Å². The molecule has 1 aromatic rings. The Morgan fingerprint density at radius 3 is 2.53 bits per heavy atom. The number of rotatable bonds is 8. The summed E-state index contributed by atoms with van der Waals surface area (Å²) in [4.78, 5) is 18.8. The van der Waals surface area contributed by atoms with E-state index in [2.05, 4.69) is 57.0 Å².